The number of imide groups is 1. The van der Waals surface area contributed by atoms with Crippen molar-refractivity contribution in [2.45, 2.75) is 58.9 Å². The number of carboxylic acid groups (broad SMARTS) is 1. The van der Waals surface area contributed by atoms with Gasteiger partial charge < -0.3 is 10.4 Å². The second kappa shape index (κ2) is 9.01. The first kappa shape index (κ1) is 24.5. The molecule has 2 aliphatic carbocycles. The summed E-state index contributed by atoms with van der Waals surface area (Å²) in [5.41, 5.74) is 2.56. The van der Waals surface area contributed by atoms with E-state index in [9.17, 15) is 29.1 Å². The predicted molar refractivity (Wildman–Crippen MR) is 122 cm³/mol. The Morgan fingerprint density at radius 1 is 1.06 bits per heavy atom. The number of carbonyl (C=O) groups excluding carboxylic acids is 4. The molecule has 2 saturated heterocycles. The van der Waals surface area contributed by atoms with Crippen LogP contribution in [0.2, 0.25) is 0 Å². The average molecular weight is 474 g/mol. The fraction of sp³-hybridized carbons (Fsp3) is 0.435. The predicted octanol–water partition coefficient (Wildman–Crippen LogP) is 2.53. The van der Waals surface area contributed by atoms with Crippen molar-refractivity contribution in [2.24, 2.45) is 5.41 Å². The summed E-state index contributed by atoms with van der Waals surface area (Å²) >= 11 is 0.776. The van der Waals surface area contributed by atoms with Crippen molar-refractivity contribution >= 4 is 41.5 Å². The minimum absolute atomic E-state index is 0.158. The molecule has 2 aliphatic heterocycles. The molecule has 0 spiro atoms. The van der Waals surface area contributed by atoms with E-state index in [-0.39, 0.29) is 18.5 Å². The maximum atomic E-state index is 12.5. The van der Waals surface area contributed by atoms with Crippen LogP contribution in [0.5, 0.6) is 0 Å². The summed E-state index contributed by atoms with van der Waals surface area (Å²) in [6.45, 7) is 7.95. The Hall–Kier alpha value is -3.14. The minimum Gasteiger partial charge on any atom is -0.477 e. The highest BCUT2D eigenvalue weighted by atomic mass is 32.2. The van der Waals surface area contributed by atoms with E-state index in [1.54, 1.807) is 13.8 Å². The van der Waals surface area contributed by atoms with Crippen LogP contribution < -0.4 is 5.32 Å². The van der Waals surface area contributed by atoms with Crippen LogP contribution in [0.25, 0.3) is 11.1 Å². The number of hydrogen-bond acceptors (Lipinski definition) is 6. The summed E-state index contributed by atoms with van der Waals surface area (Å²) in [6, 6.07) is 7.46. The van der Waals surface area contributed by atoms with Gasteiger partial charge in [0.25, 0.3) is 5.91 Å². The van der Waals surface area contributed by atoms with Crippen molar-refractivity contribution < 1.29 is 29.1 Å². The highest BCUT2D eigenvalue weighted by Gasteiger charge is 2.54. The Morgan fingerprint density at radius 2 is 1.61 bits per heavy atom. The monoisotopic (exact) mass is 473 g/mol. The molecule has 9 nitrogen and oxygen atoms in total. The number of nitrogens with zero attached hydrogens (tertiary/aromatic N) is 2. The molecule has 0 saturated carbocycles. The molecule has 4 rings (SSSR count). The van der Waals surface area contributed by atoms with Gasteiger partial charge in [-0.3, -0.25) is 24.1 Å². The number of aliphatic carboxylic acids is 1. The molecule has 2 atom stereocenters. The van der Waals surface area contributed by atoms with Crippen LogP contribution >= 0.6 is 11.9 Å². The highest BCUT2D eigenvalue weighted by molar-refractivity contribution is 7.98. The van der Waals surface area contributed by atoms with Crippen LogP contribution in [0.4, 0.5) is 0 Å². The smallest absolute Gasteiger partial charge is 0.352 e. The van der Waals surface area contributed by atoms with E-state index in [2.05, 4.69) is 29.6 Å². The lowest BCUT2D eigenvalue weighted by Gasteiger charge is -2.48. The number of carboxylic acids is 1. The average Bonchev–Trinajstić information content (AvgIpc) is 3.28. The lowest BCUT2D eigenvalue weighted by atomic mass is 9.83. The van der Waals surface area contributed by atoms with E-state index in [4.69, 9.17) is 0 Å². The Kier molecular flexibility index (Phi) is 6.69. The highest BCUT2D eigenvalue weighted by Crippen LogP contribution is 2.41. The van der Waals surface area contributed by atoms with Crippen LogP contribution in [-0.4, -0.2) is 55.3 Å². The summed E-state index contributed by atoms with van der Waals surface area (Å²) in [5, 5.41) is 11.0. The van der Waals surface area contributed by atoms with Gasteiger partial charge in [0.05, 0.1) is 0 Å². The first-order chi connectivity index (χ1) is 15.3. The number of benzene rings is 1. The first-order valence-electron chi connectivity index (χ1n) is 10.5. The zero-order valence-corrected chi connectivity index (χ0v) is 20.0. The molecule has 10 heteroatoms. The van der Waals surface area contributed by atoms with Gasteiger partial charge in [-0.2, -0.15) is 0 Å². The van der Waals surface area contributed by atoms with Crippen LogP contribution in [0.15, 0.2) is 35.5 Å². The maximum Gasteiger partial charge on any atom is 0.352 e. The summed E-state index contributed by atoms with van der Waals surface area (Å²) in [4.78, 5) is 61.4. The zero-order chi connectivity index (χ0) is 24.7. The number of amides is 4. The number of hydrogen-bond donors (Lipinski definition) is 2. The fourth-order valence-corrected chi connectivity index (χ4v) is 4.97. The SMILES string of the molecule is CC(=O)NC1C(=O)N(C(C(=O)O)=C(C)C)C1SN1C(=O)CC(C)(C)CC1=O.c1cc2cc-2c1. The molecule has 2 fully saturated rings. The molecule has 0 aromatic rings. The molecule has 4 amide bonds. The number of β-lactam (4-membered cyclic amide) rings is 1. The lowest BCUT2D eigenvalue weighted by Crippen LogP contribution is -2.70. The summed E-state index contributed by atoms with van der Waals surface area (Å²) in [7, 11) is 0. The number of carbonyl (C=O) groups is 5. The first-order valence-corrected chi connectivity index (χ1v) is 11.3. The third kappa shape index (κ3) is 5.27. The molecule has 176 valence electrons. The fourth-order valence-electron chi connectivity index (χ4n) is 3.78. The Balaban J connectivity index is 0.000000431. The van der Waals surface area contributed by atoms with Crippen molar-refractivity contribution in [2.75, 3.05) is 0 Å². The number of nitrogens with one attached hydrogen (secondary N) is 1. The topological polar surface area (TPSA) is 124 Å². The number of allylic oxidation sites excluding steroid dienone is 1. The Labute approximate surface area is 196 Å². The van der Waals surface area contributed by atoms with E-state index in [0.717, 1.165) is 21.2 Å². The second-order valence-corrected chi connectivity index (χ2v) is 10.3. The molecule has 2 N–H and O–H groups in total. The van der Waals surface area contributed by atoms with Crippen molar-refractivity contribution in [1.29, 1.82) is 0 Å². The zero-order valence-electron chi connectivity index (χ0n) is 19.2. The Bertz CT molecular complexity index is 1040. The van der Waals surface area contributed by atoms with Gasteiger partial charge in [-0.15, -0.1) is 0 Å². The molecular formula is C23H27N3O6S. The molecule has 4 aliphatic rings. The lowest BCUT2D eigenvalue weighted by molar-refractivity contribution is -0.151. The largest absolute Gasteiger partial charge is 0.477 e. The van der Waals surface area contributed by atoms with Gasteiger partial charge in [-0.25, -0.2) is 9.10 Å². The molecule has 0 radical (unpaired) electrons. The van der Waals surface area contributed by atoms with Gasteiger partial charge >= 0.3 is 5.97 Å². The number of likely N-dealkylation sites (tertiary alicyclic amines) is 1. The maximum absolute atomic E-state index is 12.5. The summed E-state index contributed by atoms with van der Waals surface area (Å²) in [5.74, 6) is -3.18. The van der Waals surface area contributed by atoms with Crippen molar-refractivity contribution in [3.05, 3.63) is 35.5 Å². The second-order valence-electron chi connectivity index (χ2n) is 9.22. The van der Waals surface area contributed by atoms with E-state index in [1.807, 2.05) is 13.8 Å². The van der Waals surface area contributed by atoms with E-state index in [0.29, 0.717) is 5.57 Å². The van der Waals surface area contributed by atoms with E-state index in [1.165, 1.54) is 18.1 Å². The van der Waals surface area contributed by atoms with Crippen LogP contribution in [-0.2, 0) is 24.0 Å². The number of piperidine rings is 1. The van der Waals surface area contributed by atoms with Crippen molar-refractivity contribution in [3.63, 3.8) is 0 Å². The van der Waals surface area contributed by atoms with Crippen molar-refractivity contribution in [1.82, 2.24) is 14.5 Å². The van der Waals surface area contributed by atoms with Crippen LogP contribution in [0.3, 0.4) is 0 Å². The van der Waals surface area contributed by atoms with Gasteiger partial charge in [0.1, 0.15) is 17.1 Å². The normalized spacial score (nSPS) is 22.0. The molecule has 33 heavy (non-hydrogen) atoms. The number of rotatable bonds is 5. The molecule has 0 bridgehead atoms. The summed E-state index contributed by atoms with van der Waals surface area (Å²) < 4.78 is 0.981. The molecule has 2 heterocycles. The molecule has 0 aromatic heterocycles. The van der Waals surface area contributed by atoms with E-state index < -0.39 is 46.4 Å². The van der Waals surface area contributed by atoms with Crippen molar-refractivity contribution in [3.8, 4) is 11.1 Å². The van der Waals surface area contributed by atoms with Crippen LogP contribution in [0, 0.1) is 5.41 Å². The molecular weight excluding hydrogens is 446 g/mol. The molecule has 2 unspecified atom stereocenters. The van der Waals surface area contributed by atoms with Gasteiger partial charge in [0.2, 0.25) is 17.7 Å². The third-order valence-electron chi connectivity index (χ3n) is 5.36. The van der Waals surface area contributed by atoms with Gasteiger partial charge in [-0.05, 0) is 54.0 Å². The quantitative estimate of drug-likeness (QED) is 0.296. The standard InChI is InChI=1S/C17H23N3O6S.C6H4/c1-8(2)13(16(25)26)19-14(24)12(18-9(3)21)15(19)27-20-10(22)6-17(4,5)7-11(20)23;1-2-5-4-6(5)3-1/h12,15H,6-7H2,1-5H3,(H,18,21)(H,25,26);1-4H. The van der Waals surface area contributed by atoms with E-state index >= 15 is 0 Å². The molecule has 0 aromatic carbocycles. The number of fused-ring (bicyclic) bond motifs is 1. The third-order valence-corrected chi connectivity index (χ3v) is 6.67. The van der Waals surface area contributed by atoms with Crippen LogP contribution in [0.1, 0.15) is 47.5 Å². The van der Waals surface area contributed by atoms with Gasteiger partial charge in [0.15, 0.2) is 0 Å². The van der Waals surface area contributed by atoms with Gasteiger partial charge in [0, 0.05) is 19.8 Å². The summed E-state index contributed by atoms with van der Waals surface area (Å²) in [6.07, 6.45) is 0.317. The van der Waals surface area contributed by atoms with Gasteiger partial charge in [-0.1, -0.05) is 32.0 Å². The Morgan fingerprint density at radius 3 is 1.97 bits per heavy atom. The minimum atomic E-state index is -1.30.